The van der Waals surface area contributed by atoms with E-state index in [4.69, 9.17) is 18.8 Å². The lowest BCUT2D eigenvalue weighted by Gasteiger charge is -2.20. The van der Waals surface area contributed by atoms with Gasteiger partial charge in [0.15, 0.2) is 0 Å². The van der Waals surface area contributed by atoms with Crippen molar-refractivity contribution in [3.05, 3.63) is 154 Å². The van der Waals surface area contributed by atoms with E-state index in [1.54, 1.807) is 18.7 Å². The van der Waals surface area contributed by atoms with E-state index in [1.165, 1.54) is 35.1 Å². The van der Waals surface area contributed by atoms with Crippen molar-refractivity contribution in [3.63, 3.8) is 0 Å². The van der Waals surface area contributed by atoms with Gasteiger partial charge < -0.3 is 18.8 Å². The van der Waals surface area contributed by atoms with Crippen LogP contribution in [-0.4, -0.2) is 11.4 Å². The molecule has 1 saturated carbocycles. The summed E-state index contributed by atoms with van der Waals surface area (Å²) in [5, 5.41) is 11.8. The number of ether oxygens (including phenoxy) is 1. The summed E-state index contributed by atoms with van der Waals surface area (Å²) in [5.41, 5.74) is 8.50. The summed E-state index contributed by atoms with van der Waals surface area (Å²) in [5.74, 6) is 2.58. The first-order valence-corrected chi connectivity index (χ1v) is 15.0. The maximum atomic E-state index is 8.64. The van der Waals surface area contributed by atoms with Crippen LogP contribution in [0, 0.1) is 0 Å². The molecule has 2 aromatic heterocycles. The van der Waals surface area contributed by atoms with Crippen LogP contribution in [0.1, 0.15) is 90.0 Å². The zero-order valence-electron chi connectivity index (χ0n) is 25.3. The lowest BCUT2D eigenvalue weighted by Crippen LogP contribution is -2.12. The van der Waals surface area contributed by atoms with Gasteiger partial charge in [-0.3, -0.25) is 0 Å². The highest BCUT2D eigenvalue weighted by molar-refractivity contribution is 5.82. The Kier molecular flexibility index (Phi) is 9.96. The Balaban J connectivity index is 0.000000196. The smallest absolute Gasteiger partial charge is 0.108 e. The fraction of sp³-hybridized carbons (Fsp3) is 0.289. The second-order valence-corrected chi connectivity index (χ2v) is 12.3. The lowest BCUT2D eigenvalue weighted by atomic mass is 9.84. The minimum absolute atomic E-state index is 0.179. The summed E-state index contributed by atoms with van der Waals surface area (Å²) in [4.78, 5) is 0. The summed E-state index contributed by atoms with van der Waals surface area (Å²) in [6.45, 7) is 7.71. The van der Waals surface area contributed by atoms with Crippen LogP contribution in [0.5, 0.6) is 0 Å². The van der Waals surface area contributed by atoms with Crippen molar-refractivity contribution in [1.29, 1.82) is 0 Å². The molecule has 1 N–H and O–H groups in total. The summed E-state index contributed by atoms with van der Waals surface area (Å²) >= 11 is 0. The molecule has 1 aliphatic carbocycles. The van der Waals surface area contributed by atoms with Gasteiger partial charge in [0.25, 0.3) is 0 Å². The average Bonchev–Trinajstić information content (AvgIpc) is 3.61. The van der Waals surface area contributed by atoms with E-state index in [0.717, 1.165) is 41.1 Å². The number of nitrogens with zero attached hydrogens (tertiary/aromatic N) is 1. The van der Waals surface area contributed by atoms with Crippen LogP contribution in [0.15, 0.2) is 118 Å². The van der Waals surface area contributed by atoms with Gasteiger partial charge in [-0.2, -0.15) is 0 Å². The zero-order chi connectivity index (χ0) is 30.1. The molecule has 0 unspecified atom stereocenters. The van der Waals surface area contributed by atoms with Crippen molar-refractivity contribution in [1.82, 2.24) is 0 Å². The Morgan fingerprint density at radius 2 is 1.28 bits per heavy atom. The number of furan rings is 2. The maximum absolute atomic E-state index is 8.64. The highest BCUT2D eigenvalue weighted by Crippen LogP contribution is 2.42. The number of hydrogen-bond acceptors (Lipinski definition) is 5. The first kappa shape index (κ1) is 30.1. The van der Waals surface area contributed by atoms with Crippen molar-refractivity contribution in [3.8, 4) is 0 Å². The van der Waals surface area contributed by atoms with Crippen molar-refractivity contribution in [2.75, 3.05) is 0 Å². The molecule has 0 radical (unpaired) electrons. The molecule has 3 aromatic carbocycles. The highest BCUT2D eigenvalue weighted by Gasteiger charge is 2.27. The maximum Gasteiger partial charge on any atom is 0.108 e. The third-order valence-electron chi connectivity index (χ3n) is 7.56. The van der Waals surface area contributed by atoms with Crippen molar-refractivity contribution in [2.24, 2.45) is 5.16 Å². The molecule has 5 aromatic rings. The standard InChI is InChI=1S/C24H22O3.C14H19NO/c1-3-7-19(8-4-1)11-23-13-21(17-26-23)15-25-16-22-14-24(27-18-22)12-20-9-5-2-6-10-20;1-14(2,3)12-7-6-11(9-15-16)13(8-12)10-4-5-10/h1-10,13-14,17-18H,11-12,15-16H2;6-10,16H,4-5H2,1-3H3. The molecule has 1 aliphatic rings. The largest absolute Gasteiger partial charge is 0.469 e. The number of rotatable bonds is 10. The van der Waals surface area contributed by atoms with Gasteiger partial charge in [0, 0.05) is 24.0 Å². The van der Waals surface area contributed by atoms with E-state index >= 15 is 0 Å². The van der Waals surface area contributed by atoms with Crippen molar-refractivity contribution in [2.45, 2.75) is 71.0 Å². The summed E-state index contributed by atoms with van der Waals surface area (Å²) in [7, 11) is 0. The second kappa shape index (κ2) is 14.2. The van der Waals surface area contributed by atoms with E-state index in [2.05, 4.69) is 80.5 Å². The molecular formula is C38H41NO4. The van der Waals surface area contributed by atoms with Crippen LogP contribution in [-0.2, 0) is 36.2 Å². The normalized spacial score (nSPS) is 13.2. The minimum atomic E-state index is 0.179. The van der Waals surface area contributed by atoms with Gasteiger partial charge >= 0.3 is 0 Å². The van der Waals surface area contributed by atoms with Gasteiger partial charge in [0.05, 0.1) is 32.0 Å². The molecule has 222 valence electrons. The number of benzene rings is 3. The molecule has 0 aliphatic heterocycles. The molecule has 43 heavy (non-hydrogen) atoms. The topological polar surface area (TPSA) is 68.1 Å². The second-order valence-electron chi connectivity index (χ2n) is 12.3. The number of hydrogen-bond donors (Lipinski definition) is 1. The molecule has 0 spiro atoms. The zero-order valence-corrected chi connectivity index (χ0v) is 25.3. The Bertz CT molecular complexity index is 1510. The Morgan fingerprint density at radius 3 is 1.74 bits per heavy atom. The highest BCUT2D eigenvalue weighted by atomic mass is 16.5. The predicted molar refractivity (Wildman–Crippen MR) is 171 cm³/mol. The quantitative estimate of drug-likeness (QED) is 0.102. The third-order valence-corrected chi connectivity index (χ3v) is 7.56. The van der Waals surface area contributed by atoms with E-state index < -0.39 is 0 Å². The Hall–Kier alpha value is -4.35. The van der Waals surface area contributed by atoms with E-state index in [1.807, 2.05) is 36.4 Å². The van der Waals surface area contributed by atoms with Gasteiger partial charge in [0.2, 0.25) is 0 Å². The van der Waals surface area contributed by atoms with Gasteiger partial charge in [-0.05, 0) is 64.1 Å². The molecule has 0 bridgehead atoms. The van der Waals surface area contributed by atoms with Gasteiger partial charge in [0.1, 0.15) is 11.5 Å². The molecule has 5 heteroatoms. The van der Waals surface area contributed by atoms with Crippen molar-refractivity contribution < 1.29 is 18.8 Å². The first-order chi connectivity index (χ1) is 20.9. The Morgan fingerprint density at radius 1 is 0.744 bits per heavy atom. The Labute approximate surface area is 254 Å². The molecule has 2 heterocycles. The molecular weight excluding hydrogens is 534 g/mol. The van der Waals surface area contributed by atoms with Crippen LogP contribution in [0.4, 0.5) is 0 Å². The van der Waals surface area contributed by atoms with E-state index in [9.17, 15) is 0 Å². The summed E-state index contributed by atoms with van der Waals surface area (Å²) < 4.78 is 17.1. The summed E-state index contributed by atoms with van der Waals surface area (Å²) in [6.07, 6.45) is 9.21. The van der Waals surface area contributed by atoms with E-state index in [0.29, 0.717) is 19.1 Å². The minimum Gasteiger partial charge on any atom is -0.469 e. The SMILES string of the molecule is CC(C)(C)c1ccc(C=NO)c(C2CC2)c1.c1ccc(Cc2cc(COCc3coc(Cc4ccccc4)c3)co2)cc1. The molecule has 5 nitrogen and oxygen atoms in total. The van der Waals surface area contributed by atoms with Crippen LogP contribution in [0.25, 0.3) is 0 Å². The third kappa shape index (κ3) is 9.07. The van der Waals surface area contributed by atoms with E-state index in [-0.39, 0.29) is 5.41 Å². The molecule has 0 amide bonds. The fourth-order valence-electron chi connectivity index (χ4n) is 5.04. The van der Waals surface area contributed by atoms with Crippen LogP contribution in [0.3, 0.4) is 0 Å². The summed E-state index contributed by atoms with van der Waals surface area (Å²) in [6, 6.07) is 31.2. The van der Waals surface area contributed by atoms with Gasteiger partial charge in [-0.15, -0.1) is 0 Å². The molecule has 6 rings (SSSR count). The lowest BCUT2D eigenvalue weighted by molar-refractivity contribution is 0.106. The van der Waals surface area contributed by atoms with Gasteiger partial charge in [-0.25, -0.2) is 0 Å². The van der Waals surface area contributed by atoms with Crippen LogP contribution in [0.2, 0.25) is 0 Å². The monoisotopic (exact) mass is 575 g/mol. The fourth-order valence-corrected chi connectivity index (χ4v) is 5.04. The van der Waals surface area contributed by atoms with Crippen LogP contribution >= 0.6 is 0 Å². The number of oxime groups is 1. The predicted octanol–water partition coefficient (Wildman–Crippen LogP) is 9.44. The van der Waals surface area contributed by atoms with Crippen molar-refractivity contribution >= 4 is 6.21 Å². The molecule has 0 atom stereocenters. The van der Waals surface area contributed by atoms with Crippen LogP contribution < -0.4 is 0 Å². The first-order valence-electron chi connectivity index (χ1n) is 15.0. The van der Waals surface area contributed by atoms with Gasteiger partial charge in [-0.1, -0.05) is 105 Å². The molecule has 0 saturated heterocycles. The molecule has 1 fully saturated rings. The average molecular weight is 576 g/mol.